The van der Waals surface area contributed by atoms with Crippen LogP contribution in [0.25, 0.3) is 0 Å². The predicted octanol–water partition coefficient (Wildman–Crippen LogP) is 4.73. The van der Waals surface area contributed by atoms with Gasteiger partial charge in [-0.3, -0.25) is 0 Å². The van der Waals surface area contributed by atoms with Gasteiger partial charge in [0.1, 0.15) is 0 Å². The van der Waals surface area contributed by atoms with Crippen molar-refractivity contribution in [1.82, 2.24) is 4.90 Å². The second-order valence-electron chi connectivity index (χ2n) is 6.22. The molecule has 1 heterocycles. The van der Waals surface area contributed by atoms with Gasteiger partial charge in [-0.05, 0) is 42.3 Å². The molecule has 0 N–H and O–H groups in total. The highest BCUT2D eigenvalue weighted by Gasteiger charge is 2.46. The first-order valence-corrected chi connectivity index (χ1v) is 8.13. The number of nitrogens with zero attached hydrogens (tertiary/aromatic N) is 1. The van der Waals surface area contributed by atoms with Gasteiger partial charge >= 0.3 is 0 Å². The minimum Gasteiger partial charge on any atom is -0.302 e. The Kier molecular flexibility index (Phi) is 3.25. The van der Waals surface area contributed by atoms with Crippen LogP contribution in [-0.4, -0.2) is 24.5 Å². The molecule has 4 rings (SSSR count). The molecule has 0 unspecified atom stereocenters. The van der Waals surface area contributed by atoms with Crippen molar-refractivity contribution in [3.63, 3.8) is 0 Å². The third-order valence-electron chi connectivity index (χ3n) is 5.11. The van der Waals surface area contributed by atoms with E-state index in [-0.39, 0.29) is 0 Å². The van der Waals surface area contributed by atoms with Gasteiger partial charge in [-0.25, -0.2) is 0 Å². The Bertz CT molecular complexity index is 697. The molecule has 1 aliphatic heterocycles. The van der Waals surface area contributed by atoms with Crippen LogP contribution in [0.15, 0.2) is 42.5 Å². The molecule has 3 heteroatoms. The van der Waals surface area contributed by atoms with E-state index in [0.29, 0.717) is 27.9 Å². The molecule has 1 fully saturated rings. The van der Waals surface area contributed by atoms with Crippen LogP contribution in [0.4, 0.5) is 0 Å². The van der Waals surface area contributed by atoms with E-state index < -0.39 is 0 Å². The lowest BCUT2D eigenvalue weighted by Crippen LogP contribution is -2.26. The van der Waals surface area contributed by atoms with Gasteiger partial charge in [-0.2, -0.15) is 0 Å². The van der Waals surface area contributed by atoms with Gasteiger partial charge in [0.25, 0.3) is 0 Å². The smallest absolute Gasteiger partial charge is 0.0595 e. The molecule has 0 spiro atoms. The summed E-state index contributed by atoms with van der Waals surface area (Å²) in [7, 11) is 2.24. The second-order valence-corrected chi connectivity index (χ2v) is 7.03. The zero-order valence-corrected chi connectivity index (χ0v) is 13.4. The van der Waals surface area contributed by atoms with Crippen LogP contribution >= 0.6 is 23.2 Å². The Labute approximate surface area is 135 Å². The molecule has 1 saturated heterocycles. The maximum atomic E-state index is 6.23. The molecule has 108 valence electrons. The van der Waals surface area contributed by atoms with Crippen molar-refractivity contribution in [1.29, 1.82) is 0 Å². The third-order valence-corrected chi connectivity index (χ3v) is 5.85. The van der Waals surface area contributed by atoms with Crippen molar-refractivity contribution in [3.05, 3.63) is 69.2 Å². The molecule has 0 bridgehead atoms. The monoisotopic (exact) mass is 317 g/mol. The van der Waals surface area contributed by atoms with Gasteiger partial charge in [-0.15, -0.1) is 0 Å². The highest BCUT2D eigenvalue weighted by Crippen LogP contribution is 2.50. The molecule has 0 saturated carbocycles. The summed E-state index contributed by atoms with van der Waals surface area (Å²) in [5, 5.41) is 1.29. The second kappa shape index (κ2) is 5.01. The number of hydrogen-bond acceptors (Lipinski definition) is 1. The minimum absolute atomic E-state index is 0.499. The number of hydrogen-bond donors (Lipinski definition) is 0. The van der Waals surface area contributed by atoms with Crippen molar-refractivity contribution in [2.45, 2.75) is 24.3 Å². The molecular weight excluding hydrogens is 301 g/mol. The van der Waals surface area contributed by atoms with Crippen LogP contribution in [-0.2, 0) is 6.42 Å². The third kappa shape index (κ3) is 2.11. The van der Waals surface area contributed by atoms with Crippen molar-refractivity contribution < 1.29 is 0 Å². The molecule has 1 aliphatic carbocycles. The molecule has 1 nitrogen and oxygen atoms in total. The van der Waals surface area contributed by atoms with Gasteiger partial charge in [0.15, 0.2) is 0 Å². The molecule has 0 amide bonds. The van der Waals surface area contributed by atoms with E-state index in [0.717, 1.165) is 13.0 Å². The average Bonchev–Trinajstić information content (AvgIpc) is 3.00. The van der Waals surface area contributed by atoms with Gasteiger partial charge in [0.2, 0.25) is 0 Å². The SMILES string of the molecule is CN1C[C@H](c2ccc(Cl)c(Cl)c2)[C@@H]2c3ccccc3C[C@@H]21. The Balaban J connectivity index is 1.78. The largest absolute Gasteiger partial charge is 0.302 e. The summed E-state index contributed by atoms with van der Waals surface area (Å²) in [4.78, 5) is 2.50. The number of fused-ring (bicyclic) bond motifs is 3. The van der Waals surface area contributed by atoms with Crippen LogP contribution in [0, 0.1) is 0 Å². The summed E-state index contributed by atoms with van der Waals surface area (Å²) in [6, 6.07) is 15.6. The van der Waals surface area contributed by atoms with Crippen LogP contribution in [0.2, 0.25) is 10.0 Å². The number of rotatable bonds is 1. The molecular formula is C18H17Cl2N. The zero-order valence-electron chi connectivity index (χ0n) is 11.9. The van der Waals surface area contributed by atoms with Gasteiger partial charge < -0.3 is 4.90 Å². The Morgan fingerprint density at radius 1 is 1.05 bits per heavy atom. The quantitative estimate of drug-likeness (QED) is 0.735. The lowest BCUT2D eigenvalue weighted by molar-refractivity contribution is 0.307. The molecule has 3 atom stereocenters. The Hall–Kier alpha value is -1.02. The zero-order chi connectivity index (χ0) is 14.6. The van der Waals surface area contributed by atoms with Crippen molar-refractivity contribution in [3.8, 4) is 0 Å². The standard InChI is InChI=1S/C18H17Cl2N/c1-21-10-14(12-6-7-15(19)16(20)8-12)18-13-5-3-2-4-11(13)9-17(18)21/h2-8,14,17-18H,9-10H2,1H3/t14-,17+,18+/m1/s1. The number of halogens is 2. The summed E-state index contributed by atoms with van der Waals surface area (Å²) in [6.07, 6.45) is 1.16. The van der Waals surface area contributed by atoms with Gasteiger partial charge in [-0.1, -0.05) is 53.5 Å². The van der Waals surface area contributed by atoms with E-state index in [1.165, 1.54) is 16.7 Å². The first kappa shape index (κ1) is 13.6. The van der Waals surface area contributed by atoms with E-state index in [9.17, 15) is 0 Å². The highest BCUT2D eigenvalue weighted by atomic mass is 35.5. The number of likely N-dealkylation sites (tertiary alicyclic amines) is 1. The lowest BCUT2D eigenvalue weighted by Gasteiger charge is -2.20. The molecule has 2 aliphatic rings. The minimum atomic E-state index is 0.499. The summed E-state index contributed by atoms with van der Waals surface area (Å²) >= 11 is 12.3. The highest BCUT2D eigenvalue weighted by molar-refractivity contribution is 6.42. The van der Waals surface area contributed by atoms with Crippen LogP contribution < -0.4 is 0 Å². The summed E-state index contributed by atoms with van der Waals surface area (Å²) in [5.74, 6) is 1.07. The van der Waals surface area contributed by atoms with Gasteiger partial charge in [0, 0.05) is 24.4 Å². The maximum Gasteiger partial charge on any atom is 0.0595 e. The van der Waals surface area contributed by atoms with Crippen LogP contribution in [0.3, 0.4) is 0 Å². The average molecular weight is 318 g/mol. The predicted molar refractivity (Wildman–Crippen MR) is 88.5 cm³/mol. The lowest BCUT2D eigenvalue weighted by atomic mass is 9.84. The van der Waals surface area contributed by atoms with E-state index in [2.05, 4.69) is 42.3 Å². The van der Waals surface area contributed by atoms with E-state index in [1.807, 2.05) is 12.1 Å². The summed E-state index contributed by atoms with van der Waals surface area (Å²) in [6.45, 7) is 1.08. The molecule has 2 aromatic rings. The number of benzene rings is 2. The Morgan fingerprint density at radius 2 is 1.86 bits per heavy atom. The fourth-order valence-corrected chi connectivity index (χ4v) is 4.44. The van der Waals surface area contributed by atoms with E-state index in [4.69, 9.17) is 23.2 Å². The van der Waals surface area contributed by atoms with Crippen molar-refractivity contribution in [2.24, 2.45) is 0 Å². The fraction of sp³-hybridized carbons (Fsp3) is 0.333. The van der Waals surface area contributed by atoms with Crippen LogP contribution in [0.5, 0.6) is 0 Å². The fourth-order valence-electron chi connectivity index (χ4n) is 4.13. The number of likely N-dealkylation sites (N-methyl/N-ethyl adjacent to an activating group) is 1. The molecule has 0 radical (unpaired) electrons. The normalized spacial score (nSPS) is 27.7. The van der Waals surface area contributed by atoms with E-state index >= 15 is 0 Å². The maximum absolute atomic E-state index is 6.23. The first-order valence-electron chi connectivity index (χ1n) is 7.38. The van der Waals surface area contributed by atoms with E-state index in [1.54, 1.807) is 0 Å². The van der Waals surface area contributed by atoms with Crippen molar-refractivity contribution >= 4 is 23.2 Å². The molecule has 0 aromatic heterocycles. The van der Waals surface area contributed by atoms with Crippen molar-refractivity contribution in [2.75, 3.05) is 13.6 Å². The Morgan fingerprint density at radius 3 is 2.67 bits per heavy atom. The first-order chi connectivity index (χ1) is 10.1. The molecule has 21 heavy (non-hydrogen) atoms. The topological polar surface area (TPSA) is 3.24 Å². The van der Waals surface area contributed by atoms with Gasteiger partial charge in [0.05, 0.1) is 10.0 Å². The summed E-state index contributed by atoms with van der Waals surface area (Å²) < 4.78 is 0. The van der Waals surface area contributed by atoms with Crippen LogP contribution in [0.1, 0.15) is 28.5 Å². The summed E-state index contributed by atoms with van der Waals surface area (Å²) in [5.41, 5.74) is 4.33. The molecule has 2 aromatic carbocycles.